The second-order valence-electron chi connectivity index (χ2n) is 5.30. The number of para-hydroxylation sites is 1. The molecule has 26 heavy (non-hydrogen) atoms. The minimum atomic E-state index is -4.93. The van der Waals surface area contributed by atoms with Crippen LogP contribution >= 0.6 is 0 Å². The Balaban J connectivity index is 2.08. The van der Waals surface area contributed by atoms with Crippen LogP contribution in [0.3, 0.4) is 0 Å². The molecule has 0 aromatic heterocycles. The van der Waals surface area contributed by atoms with E-state index in [9.17, 15) is 22.4 Å². The molecule has 0 radical (unpaired) electrons. The molecule has 1 aliphatic rings. The normalized spacial score (nSPS) is 16.7. The standard InChI is InChI=1S/C17H12F4O5/c1-23-10-6-9(7-11(8-10)24-2)14(22)12-4-3-5-13-15(12)26-17(20,21)16(18,19)25-13/h3-8H,1-2H3. The Bertz CT molecular complexity index is 844. The molecule has 0 unspecified atom stereocenters. The summed E-state index contributed by atoms with van der Waals surface area (Å²) in [7, 11) is 2.74. The molecule has 0 atom stereocenters. The van der Waals surface area contributed by atoms with Gasteiger partial charge in [0.25, 0.3) is 0 Å². The largest absolute Gasteiger partial charge is 0.507 e. The molecule has 0 N–H and O–H groups in total. The third-order valence-electron chi connectivity index (χ3n) is 3.64. The average molecular weight is 372 g/mol. The van der Waals surface area contributed by atoms with Crippen molar-refractivity contribution in [1.82, 2.24) is 0 Å². The van der Waals surface area contributed by atoms with E-state index in [-0.39, 0.29) is 22.6 Å². The summed E-state index contributed by atoms with van der Waals surface area (Å²) in [6.07, 6.45) is -9.79. The summed E-state index contributed by atoms with van der Waals surface area (Å²) in [5.74, 6) is -1.63. The van der Waals surface area contributed by atoms with Crippen LogP contribution in [-0.2, 0) is 0 Å². The van der Waals surface area contributed by atoms with E-state index < -0.39 is 29.5 Å². The molecule has 0 saturated carbocycles. The SMILES string of the molecule is COc1cc(OC)cc(C(=O)c2cccc3c2OC(F)(F)C(F)(F)O3)c1. The predicted octanol–water partition coefficient (Wildman–Crippen LogP) is 3.89. The second kappa shape index (κ2) is 6.08. The van der Waals surface area contributed by atoms with Crippen molar-refractivity contribution >= 4 is 5.78 Å². The van der Waals surface area contributed by atoms with Gasteiger partial charge in [0.15, 0.2) is 17.3 Å². The summed E-state index contributed by atoms with van der Waals surface area (Å²) < 4.78 is 71.9. The number of methoxy groups -OCH3 is 2. The van der Waals surface area contributed by atoms with Crippen LogP contribution in [0.4, 0.5) is 17.6 Å². The van der Waals surface area contributed by atoms with Crippen LogP contribution in [0, 0.1) is 0 Å². The maximum absolute atomic E-state index is 13.5. The van der Waals surface area contributed by atoms with Crippen molar-refractivity contribution in [3.8, 4) is 23.0 Å². The number of hydrogen-bond donors (Lipinski definition) is 0. The molecule has 1 heterocycles. The van der Waals surface area contributed by atoms with Crippen molar-refractivity contribution < 1.29 is 41.3 Å². The highest BCUT2D eigenvalue weighted by atomic mass is 19.3. The lowest BCUT2D eigenvalue weighted by Gasteiger charge is -2.32. The van der Waals surface area contributed by atoms with E-state index >= 15 is 0 Å². The third kappa shape index (κ3) is 2.89. The molecule has 2 aromatic rings. The van der Waals surface area contributed by atoms with E-state index in [0.29, 0.717) is 0 Å². The van der Waals surface area contributed by atoms with Crippen molar-refractivity contribution in [2.45, 2.75) is 12.2 Å². The first-order valence-electron chi connectivity index (χ1n) is 7.23. The van der Waals surface area contributed by atoms with Crippen molar-refractivity contribution in [3.05, 3.63) is 47.5 Å². The Morgan fingerprint density at radius 1 is 0.923 bits per heavy atom. The van der Waals surface area contributed by atoms with Crippen molar-refractivity contribution in [3.63, 3.8) is 0 Å². The van der Waals surface area contributed by atoms with Gasteiger partial charge in [-0.15, -0.1) is 0 Å². The van der Waals surface area contributed by atoms with E-state index in [2.05, 4.69) is 9.47 Å². The van der Waals surface area contributed by atoms with Crippen LogP contribution in [0.2, 0.25) is 0 Å². The van der Waals surface area contributed by atoms with E-state index in [4.69, 9.17) is 9.47 Å². The molecule has 0 saturated heterocycles. The van der Waals surface area contributed by atoms with Crippen LogP contribution < -0.4 is 18.9 Å². The molecule has 0 aliphatic carbocycles. The molecule has 138 valence electrons. The van der Waals surface area contributed by atoms with Gasteiger partial charge in [-0.05, 0) is 24.3 Å². The Kier molecular flexibility index (Phi) is 4.17. The fraction of sp³-hybridized carbons (Fsp3) is 0.235. The molecule has 0 spiro atoms. The molecule has 0 bridgehead atoms. The summed E-state index contributed by atoms with van der Waals surface area (Å²) >= 11 is 0. The number of fused-ring (bicyclic) bond motifs is 1. The second-order valence-corrected chi connectivity index (χ2v) is 5.30. The van der Waals surface area contributed by atoms with Crippen molar-refractivity contribution in [1.29, 1.82) is 0 Å². The lowest BCUT2D eigenvalue weighted by atomic mass is 10.0. The summed E-state index contributed by atoms with van der Waals surface area (Å²) in [6.45, 7) is 0. The topological polar surface area (TPSA) is 54.0 Å². The fourth-order valence-corrected chi connectivity index (χ4v) is 2.36. The maximum atomic E-state index is 13.5. The summed E-state index contributed by atoms with van der Waals surface area (Å²) in [5.41, 5.74) is -0.341. The van der Waals surface area contributed by atoms with Crippen molar-refractivity contribution in [2.75, 3.05) is 14.2 Å². The smallest absolute Gasteiger partial charge is 0.497 e. The van der Waals surface area contributed by atoms with Crippen LogP contribution in [0.1, 0.15) is 15.9 Å². The summed E-state index contributed by atoms with van der Waals surface area (Å²) in [4.78, 5) is 12.7. The van der Waals surface area contributed by atoms with Gasteiger partial charge in [-0.1, -0.05) is 6.07 Å². The molecule has 5 nitrogen and oxygen atoms in total. The molecule has 0 amide bonds. The lowest BCUT2D eigenvalue weighted by molar-refractivity contribution is -0.391. The number of hydrogen-bond acceptors (Lipinski definition) is 5. The van der Waals surface area contributed by atoms with Gasteiger partial charge in [-0.2, -0.15) is 17.6 Å². The first kappa shape index (κ1) is 17.8. The Labute approximate surface area is 145 Å². The highest BCUT2D eigenvalue weighted by Gasteiger charge is 2.66. The molecule has 1 aliphatic heterocycles. The van der Waals surface area contributed by atoms with E-state index in [1.807, 2.05) is 0 Å². The van der Waals surface area contributed by atoms with Crippen LogP contribution in [0.5, 0.6) is 23.0 Å². The minimum absolute atomic E-state index is 0.0267. The molecule has 3 rings (SSSR count). The number of halogens is 4. The zero-order chi connectivity index (χ0) is 19.1. The Morgan fingerprint density at radius 2 is 1.50 bits per heavy atom. The van der Waals surface area contributed by atoms with Gasteiger partial charge in [0, 0.05) is 11.6 Å². The van der Waals surface area contributed by atoms with Gasteiger partial charge in [-0.25, -0.2) is 0 Å². The van der Waals surface area contributed by atoms with Gasteiger partial charge in [0.2, 0.25) is 0 Å². The zero-order valence-corrected chi connectivity index (χ0v) is 13.5. The minimum Gasteiger partial charge on any atom is -0.497 e. The maximum Gasteiger partial charge on any atom is 0.507 e. The highest BCUT2D eigenvalue weighted by molar-refractivity contribution is 6.11. The molecular weight excluding hydrogens is 360 g/mol. The number of carbonyl (C=O) groups excluding carboxylic acids is 1. The Hall–Kier alpha value is -2.97. The lowest BCUT2D eigenvalue weighted by Crippen LogP contribution is -2.52. The van der Waals surface area contributed by atoms with Crippen LogP contribution in [0.25, 0.3) is 0 Å². The Morgan fingerprint density at radius 3 is 2.08 bits per heavy atom. The monoisotopic (exact) mass is 372 g/mol. The number of ketones is 1. The van der Waals surface area contributed by atoms with Gasteiger partial charge in [-0.3, -0.25) is 4.79 Å². The summed E-state index contributed by atoms with van der Waals surface area (Å²) in [5, 5.41) is 0. The van der Waals surface area contributed by atoms with Crippen LogP contribution in [-0.4, -0.2) is 32.2 Å². The highest BCUT2D eigenvalue weighted by Crippen LogP contribution is 2.48. The molecular formula is C17H12F4O5. The van der Waals surface area contributed by atoms with E-state index in [0.717, 1.165) is 12.1 Å². The molecule has 9 heteroatoms. The number of ether oxygens (including phenoxy) is 4. The molecule has 0 fully saturated rings. The zero-order valence-electron chi connectivity index (χ0n) is 13.5. The third-order valence-corrected chi connectivity index (χ3v) is 3.64. The average Bonchev–Trinajstić information content (AvgIpc) is 2.60. The first-order chi connectivity index (χ1) is 12.2. The number of alkyl halides is 4. The van der Waals surface area contributed by atoms with Gasteiger partial charge < -0.3 is 18.9 Å². The number of benzene rings is 2. The van der Waals surface area contributed by atoms with Gasteiger partial charge in [0.1, 0.15) is 11.5 Å². The van der Waals surface area contributed by atoms with Gasteiger partial charge in [0.05, 0.1) is 19.8 Å². The summed E-state index contributed by atoms with van der Waals surface area (Å²) in [6, 6.07) is 7.58. The van der Waals surface area contributed by atoms with Gasteiger partial charge >= 0.3 is 12.2 Å². The van der Waals surface area contributed by atoms with Crippen LogP contribution in [0.15, 0.2) is 36.4 Å². The van der Waals surface area contributed by atoms with E-state index in [1.54, 1.807) is 0 Å². The number of carbonyl (C=O) groups is 1. The predicted molar refractivity (Wildman–Crippen MR) is 80.6 cm³/mol. The van der Waals surface area contributed by atoms with Crippen molar-refractivity contribution in [2.24, 2.45) is 0 Å². The first-order valence-corrected chi connectivity index (χ1v) is 7.23. The quantitative estimate of drug-likeness (QED) is 0.602. The molecule has 2 aromatic carbocycles. The van der Waals surface area contributed by atoms with E-state index in [1.165, 1.54) is 38.5 Å². The fourth-order valence-electron chi connectivity index (χ4n) is 2.36. The number of rotatable bonds is 4.